The van der Waals surface area contributed by atoms with Gasteiger partial charge < -0.3 is 36.2 Å². The largest absolute Gasteiger partial charge is 0.504 e. The van der Waals surface area contributed by atoms with Gasteiger partial charge in [0.05, 0.1) is 22.1 Å². The van der Waals surface area contributed by atoms with E-state index < -0.39 is 73.3 Å². The van der Waals surface area contributed by atoms with Gasteiger partial charge in [-0.05, 0) is 55.5 Å². The number of hydrogen-bond acceptors (Lipinski definition) is 10. The topological polar surface area (TPSA) is 223 Å². The van der Waals surface area contributed by atoms with Crippen LogP contribution in [0.1, 0.15) is 27.6 Å². The van der Waals surface area contributed by atoms with Crippen molar-refractivity contribution in [1.82, 2.24) is 10.0 Å². The number of amides is 3. The standard InChI is InChI=1S/C24H23N3O10S/c1-12(28)19(26-23(34)16-5-3-7-18(30)21(16)32)24(35)27-38(36,37)14-10-8-13(9-11-14)25-22(33)15-4-2-6-17(29)20(15)31/h2-12,19,28-32H,1H3,(H,25,33)(H,26,34)(H,27,35)/t12-,19+/m1/s1. The van der Waals surface area contributed by atoms with Crippen LogP contribution < -0.4 is 15.4 Å². The van der Waals surface area contributed by atoms with Crippen LogP contribution in [0.5, 0.6) is 23.0 Å². The Balaban J connectivity index is 1.72. The highest BCUT2D eigenvalue weighted by Gasteiger charge is 2.31. The second kappa shape index (κ2) is 11.1. The minimum Gasteiger partial charge on any atom is -0.504 e. The first-order valence-electron chi connectivity index (χ1n) is 10.8. The van der Waals surface area contributed by atoms with Gasteiger partial charge >= 0.3 is 0 Å². The number of carbonyl (C=O) groups is 3. The zero-order valence-corrected chi connectivity index (χ0v) is 20.4. The van der Waals surface area contributed by atoms with E-state index in [0.717, 1.165) is 31.2 Å². The minimum atomic E-state index is -4.50. The highest BCUT2D eigenvalue weighted by molar-refractivity contribution is 7.90. The van der Waals surface area contributed by atoms with E-state index in [1.54, 1.807) is 4.72 Å². The third kappa shape index (κ3) is 6.11. The number of carbonyl (C=O) groups excluding carboxylic acids is 3. The zero-order chi connectivity index (χ0) is 28.2. The number of nitrogens with one attached hydrogen (secondary N) is 3. The summed E-state index contributed by atoms with van der Waals surface area (Å²) in [5.41, 5.74) is -0.509. The fraction of sp³-hybridized carbons (Fsp3) is 0.125. The number of anilines is 1. The highest BCUT2D eigenvalue weighted by Crippen LogP contribution is 2.29. The number of phenols is 4. The molecule has 13 nitrogen and oxygen atoms in total. The fourth-order valence-electron chi connectivity index (χ4n) is 3.22. The van der Waals surface area contributed by atoms with Gasteiger partial charge in [0.2, 0.25) is 0 Å². The van der Waals surface area contributed by atoms with Gasteiger partial charge in [0.25, 0.3) is 27.7 Å². The molecule has 2 atom stereocenters. The van der Waals surface area contributed by atoms with Gasteiger partial charge in [-0.2, -0.15) is 0 Å². The van der Waals surface area contributed by atoms with Crippen molar-refractivity contribution < 1.29 is 48.3 Å². The first-order chi connectivity index (χ1) is 17.8. The molecule has 8 N–H and O–H groups in total. The molecular formula is C24H23N3O10S. The van der Waals surface area contributed by atoms with E-state index in [-0.39, 0.29) is 11.3 Å². The number of sulfonamides is 1. The maximum Gasteiger partial charge on any atom is 0.264 e. The second-order valence-electron chi connectivity index (χ2n) is 7.99. The normalized spacial score (nSPS) is 12.7. The van der Waals surface area contributed by atoms with Crippen molar-refractivity contribution in [1.29, 1.82) is 0 Å². The number of aliphatic hydroxyl groups is 1. The van der Waals surface area contributed by atoms with Crippen LogP contribution >= 0.6 is 0 Å². The lowest BCUT2D eigenvalue weighted by Crippen LogP contribution is -2.53. The van der Waals surface area contributed by atoms with Crippen LogP contribution in [0.3, 0.4) is 0 Å². The number of phenolic OH excluding ortho intramolecular Hbond substituents is 4. The Labute approximate surface area is 216 Å². The zero-order valence-electron chi connectivity index (χ0n) is 19.6. The van der Waals surface area contributed by atoms with Gasteiger partial charge in [-0.1, -0.05) is 12.1 Å². The smallest absolute Gasteiger partial charge is 0.264 e. The molecular weight excluding hydrogens is 522 g/mol. The molecule has 0 spiro atoms. The fourth-order valence-corrected chi connectivity index (χ4v) is 4.23. The van der Waals surface area contributed by atoms with Crippen LogP contribution in [0.25, 0.3) is 0 Å². The van der Waals surface area contributed by atoms with Crippen LogP contribution in [-0.2, 0) is 14.8 Å². The average Bonchev–Trinajstić information content (AvgIpc) is 2.85. The number of aliphatic hydroxyl groups excluding tert-OH is 1. The predicted molar refractivity (Wildman–Crippen MR) is 132 cm³/mol. The summed E-state index contributed by atoms with van der Waals surface area (Å²) in [5.74, 6) is -5.63. The Morgan fingerprint density at radius 1 is 0.763 bits per heavy atom. The van der Waals surface area contributed by atoms with E-state index in [9.17, 15) is 48.3 Å². The second-order valence-corrected chi connectivity index (χ2v) is 9.67. The number of rotatable bonds is 8. The third-order valence-corrected chi connectivity index (χ3v) is 6.59. The number of hydrogen-bond donors (Lipinski definition) is 8. The molecule has 0 aromatic heterocycles. The molecule has 0 saturated heterocycles. The van der Waals surface area contributed by atoms with Crippen LogP contribution in [-0.4, -0.2) is 63.8 Å². The summed E-state index contributed by atoms with van der Waals surface area (Å²) >= 11 is 0. The minimum absolute atomic E-state index is 0.128. The summed E-state index contributed by atoms with van der Waals surface area (Å²) in [7, 11) is -4.50. The molecule has 0 radical (unpaired) electrons. The summed E-state index contributed by atoms with van der Waals surface area (Å²) < 4.78 is 27.2. The van der Waals surface area contributed by atoms with E-state index in [1.807, 2.05) is 0 Å². The molecule has 3 amide bonds. The highest BCUT2D eigenvalue weighted by atomic mass is 32.2. The Morgan fingerprint density at radius 2 is 1.26 bits per heavy atom. The predicted octanol–water partition coefficient (Wildman–Crippen LogP) is 0.746. The van der Waals surface area contributed by atoms with E-state index in [0.29, 0.717) is 0 Å². The van der Waals surface area contributed by atoms with Crippen LogP contribution in [0.15, 0.2) is 65.6 Å². The Hall–Kier alpha value is -4.82. The maximum absolute atomic E-state index is 12.7. The molecule has 0 unspecified atom stereocenters. The molecule has 0 aliphatic heterocycles. The van der Waals surface area contributed by atoms with Gasteiger partial charge in [0.1, 0.15) is 6.04 Å². The summed E-state index contributed by atoms with van der Waals surface area (Å²) in [5, 5.41) is 53.2. The van der Waals surface area contributed by atoms with Crippen molar-refractivity contribution in [3.63, 3.8) is 0 Å². The van der Waals surface area contributed by atoms with Crippen LogP contribution in [0.4, 0.5) is 5.69 Å². The van der Waals surface area contributed by atoms with Gasteiger partial charge in [0, 0.05) is 5.69 Å². The first kappa shape index (κ1) is 27.8. The van der Waals surface area contributed by atoms with Crippen molar-refractivity contribution in [2.45, 2.75) is 24.0 Å². The van der Waals surface area contributed by atoms with Crippen LogP contribution in [0.2, 0.25) is 0 Å². The molecule has 0 aliphatic rings. The third-order valence-electron chi connectivity index (χ3n) is 5.23. The van der Waals surface area contributed by atoms with Gasteiger partial charge in [-0.25, -0.2) is 13.1 Å². The summed E-state index contributed by atoms with van der Waals surface area (Å²) in [6.45, 7) is 1.13. The van der Waals surface area contributed by atoms with Crippen LogP contribution in [0, 0.1) is 0 Å². The molecule has 14 heteroatoms. The van der Waals surface area contributed by atoms with Gasteiger partial charge in [0.15, 0.2) is 23.0 Å². The summed E-state index contributed by atoms with van der Waals surface area (Å²) in [6.07, 6.45) is -1.56. The van der Waals surface area contributed by atoms with Crippen molar-refractivity contribution >= 4 is 33.4 Å². The van der Waals surface area contributed by atoms with Gasteiger partial charge in [-0.15, -0.1) is 0 Å². The molecule has 0 heterocycles. The van der Waals surface area contributed by atoms with Gasteiger partial charge in [-0.3, -0.25) is 14.4 Å². The van der Waals surface area contributed by atoms with E-state index in [2.05, 4.69) is 10.6 Å². The Kier molecular flexibility index (Phi) is 8.08. The number of aromatic hydroxyl groups is 4. The average molecular weight is 546 g/mol. The quantitative estimate of drug-likeness (QED) is 0.185. The lowest BCUT2D eigenvalue weighted by atomic mass is 10.1. The summed E-state index contributed by atoms with van der Waals surface area (Å²) in [4.78, 5) is 37.0. The number of para-hydroxylation sites is 2. The molecule has 3 rings (SSSR count). The lowest BCUT2D eigenvalue weighted by Gasteiger charge is -2.21. The van der Waals surface area contributed by atoms with Crippen molar-refractivity contribution in [2.24, 2.45) is 0 Å². The first-order valence-corrected chi connectivity index (χ1v) is 12.3. The Morgan fingerprint density at radius 3 is 1.76 bits per heavy atom. The van der Waals surface area contributed by atoms with E-state index in [1.165, 1.54) is 36.4 Å². The Bertz CT molecular complexity index is 1490. The van der Waals surface area contributed by atoms with Crippen molar-refractivity contribution in [3.8, 4) is 23.0 Å². The molecule has 38 heavy (non-hydrogen) atoms. The molecule has 0 fully saturated rings. The van der Waals surface area contributed by atoms with E-state index in [4.69, 9.17) is 0 Å². The summed E-state index contributed by atoms with van der Waals surface area (Å²) in [6, 6.07) is 10.1. The van der Waals surface area contributed by atoms with Crippen molar-refractivity contribution in [3.05, 3.63) is 71.8 Å². The lowest BCUT2D eigenvalue weighted by molar-refractivity contribution is -0.123. The molecule has 200 valence electrons. The maximum atomic E-state index is 12.7. The molecule has 3 aromatic carbocycles. The van der Waals surface area contributed by atoms with E-state index >= 15 is 0 Å². The van der Waals surface area contributed by atoms with Crippen molar-refractivity contribution in [2.75, 3.05) is 5.32 Å². The molecule has 0 aliphatic carbocycles. The molecule has 3 aromatic rings. The molecule has 0 saturated carbocycles. The number of benzene rings is 3. The monoisotopic (exact) mass is 545 g/mol. The SMILES string of the molecule is C[C@@H](O)[C@H](NC(=O)c1cccc(O)c1O)C(=O)NS(=O)(=O)c1ccc(NC(=O)c2cccc(O)c2O)cc1. The molecule has 0 bridgehead atoms.